The average molecular weight is 421 g/mol. The molecule has 5 rings (SSSR count). The molecule has 0 aliphatic heterocycles. The van der Waals surface area contributed by atoms with Gasteiger partial charge < -0.3 is 9.84 Å². The van der Waals surface area contributed by atoms with Crippen LogP contribution in [0, 0.1) is 0 Å². The van der Waals surface area contributed by atoms with Gasteiger partial charge in [0.15, 0.2) is 11.6 Å². The summed E-state index contributed by atoms with van der Waals surface area (Å²) in [6, 6.07) is 14.1. The zero-order valence-corrected chi connectivity index (χ0v) is 16.2. The molecule has 7 nitrogen and oxygen atoms in total. The van der Waals surface area contributed by atoms with E-state index in [1.165, 1.54) is 12.1 Å². The van der Waals surface area contributed by atoms with Crippen LogP contribution in [0.25, 0.3) is 33.8 Å². The Bertz CT molecular complexity index is 1360. The number of fused-ring (bicyclic) bond motifs is 2. The highest BCUT2D eigenvalue weighted by Crippen LogP contribution is 2.28. The molecule has 0 amide bonds. The van der Waals surface area contributed by atoms with Crippen molar-refractivity contribution in [3.05, 3.63) is 72.7 Å². The van der Waals surface area contributed by atoms with Gasteiger partial charge in [0.25, 0.3) is 0 Å². The van der Waals surface area contributed by atoms with E-state index < -0.39 is 6.61 Å². The molecule has 1 N–H and O–H groups in total. The highest BCUT2D eigenvalue weighted by molar-refractivity contribution is 5.86. The minimum atomic E-state index is -2.87. The number of rotatable bonds is 6. The monoisotopic (exact) mass is 421 g/mol. The second-order valence-electron chi connectivity index (χ2n) is 6.89. The Morgan fingerprint density at radius 3 is 2.61 bits per heavy atom. The molecule has 156 valence electrons. The summed E-state index contributed by atoms with van der Waals surface area (Å²) in [5.74, 6) is 1.22. The lowest BCUT2D eigenvalue weighted by molar-refractivity contribution is -0.0498. The van der Waals surface area contributed by atoms with Crippen LogP contribution in [0.2, 0.25) is 0 Å². The molecule has 3 heterocycles. The third-order valence-corrected chi connectivity index (χ3v) is 5.05. The summed E-state index contributed by atoms with van der Waals surface area (Å²) in [5.41, 5.74) is 3.20. The lowest BCUT2D eigenvalue weighted by Gasteiger charge is -2.07. The van der Waals surface area contributed by atoms with Crippen LogP contribution in [0.4, 0.5) is 8.78 Å². The third-order valence-electron chi connectivity index (χ3n) is 5.05. The predicted octanol–water partition coefficient (Wildman–Crippen LogP) is 3.87. The number of hydrogen-bond donors (Lipinski definition) is 1. The Morgan fingerprint density at radius 1 is 1.03 bits per heavy atom. The van der Waals surface area contributed by atoms with Crippen LogP contribution in [-0.4, -0.2) is 42.5 Å². The molecule has 0 spiro atoms. The highest BCUT2D eigenvalue weighted by atomic mass is 19.3. The topological polar surface area (TPSA) is 77.5 Å². The smallest absolute Gasteiger partial charge is 0.387 e. The summed E-state index contributed by atoms with van der Waals surface area (Å²) in [7, 11) is 0. The van der Waals surface area contributed by atoms with Gasteiger partial charge in [-0.1, -0.05) is 18.2 Å². The molecule has 31 heavy (non-hydrogen) atoms. The maximum Gasteiger partial charge on any atom is 0.387 e. The molecule has 9 heteroatoms. The van der Waals surface area contributed by atoms with E-state index in [9.17, 15) is 13.9 Å². The number of alkyl halides is 2. The van der Waals surface area contributed by atoms with Gasteiger partial charge in [-0.2, -0.15) is 8.78 Å². The van der Waals surface area contributed by atoms with E-state index in [-0.39, 0.29) is 12.4 Å². The number of benzene rings is 2. The number of ether oxygens (including phenoxy) is 1. The molecule has 0 fully saturated rings. The van der Waals surface area contributed by atoms with Gasteiger partial charge in [0.05, 0.1) is 5.52 Å². The average Bonchev–Trinajstić information content (AvgIpc) is 3.36. The summed E-state index contributed by atoms with van der Waals surface area (Å²) < 4.78 is 32.9. The van der Waals surface area contributed by atoms with Crippen molar-refractivity contribution in [1.29, 1.82) is 0 Å². The molecule has 5 aromatic rings. The van der Waals surface area contributed by atoms with Crippen molar-refractivity contribution in [2.24, 2.45) is 0 Å². The van der Waals surface area contributed by atoms with Crippen LogP contribution in [-0.2, 0) is 6.42 Å². The number of aromatic nitrogens is 5. The van der Waals surface area contributed by atoms with Crippen LogP contribution in [0.1, 0.15) is 5.56 Å². The normalized spacial score (nSPS) is 11.6. The zero-order chi connectivity index (χ0) is 21.4. The van der Waals surface area contributed by atoms with E-state index in [2.05, 4.69) is 19.9 Å². The van der Waals surface area contributed by atoms with Crippen LogP contribution in [0.3, 0.4) is 0 Å². The first-order valence-electron chi connectivity index (χ1n) is 9.61. The van der Waals surface area contributed by atoms with Crippen LogP contribution in [0.5, 0.6) is 5.75 Å². The summed E-state index contributed by atoms with van der Waals surface area (Å²) in [5, 5.41) is 19.1. The number of halogens is 2. The van der Waals surface area contributed by atoms with Crippen molar-refractivity contribution in [3.63, 3.8) is 0 Å². The van der Waals surface area contributed by atoms with E-state index in [1.807, 2.05) is 35.0 Å². The Labute approximate surface area is 175 Å². The first kappa shape index (κ1) is 19.1. The number of aliphatic hydroxyl groups is 1. The van der Waals surface area contributed by atoms with E-state index in [0.717, 1.165) is 16.5 Å². The van der Waals surface area contributed by atoms with Gasteiger partial charge in [-0.15, -0.1) is 10.2 Å². The second kappa shape index (κ2) is 7.77. The molecule has 0 bridgehead atoms. The summed E-state index contributed by atoms with van der Waals surface area (Å²) in [4.78, 5) is 4.53. The minimum Gasteiger partial charge on any atom is -0.435 e. The van der Waals surface area contributed by atoms with E-state index in [0.29, 0.717) is 29.3 Å². The van der Waals surface area contributed by atoms with Gasteiger partial charge in [-0.05, 0) is 42.3 Å². The first-order valence-corrected chi connectivity index (χ1v) is 9.61. The molecule has 0 aliphatic rings. The molecular weight excluding hydrogens is 404 g/mol. The molecule has 3 aromatic heterocycles. The van der Waals surface area contributed by atoms with Gasteiger partial charge in [0.1, 0.15) is 5.75 Å². The largest absolute Gasteiger partial charge is 0.435 e. The fourth-order valence-corrected chi connectivity index (χ4v) is 3.71. The summed E-state index contributed by atoms with van der Waals surface area (Å²) in [6.07, 6.45) is 5.89. The van der Waals surface area contributed by atoms with Gasteiger partial charge in [0.2, 0.25) is 5.65 Å². The SMILES string of the molecule is OCCc1cn(-c2nccn3c(-c4ccc(OC(F)F)cc4)nnc23)c2ccccc12. The van der Waals surface area contributed by atoms with Crippen molar-refractivity contribution in [3.8, 4) is 23.0 Å². The maximum absolute atomic E-state index is 12.4. The van der Waals surface area contributed by atoms with Crippen molar-refractivity contribution in [1.82, 2.24) is 24.1 Å². The quantitative estimate of drug-likeness (QED) is 0.450. The number of para-hydroxylation sites is 1. The van der Waals surface area contributed by atoms with Gasteiger partial charge in [-0.25, -0.2) is 4.98 Å². The van der Waals surface area contributed by atoms with Crippen LogP contribution < -0.4 is 4.74 Å². The summed E-state index contributed by atoms with van der Waals surface area (Å²) in [6.45, 7) is -2.83. The molecule has 0 aliphatic carbocycles. The molecule has 0 radical (unpaired) electrons. The Kier molecular flexibility index (Phi) is 4.79. The van der Waals surface area contributed by atoms with Gasteiger partial charge in [0, 0.05) is 36.1 Å². The maximum atomic E-state index is 12.4. The van der Waals surface area contributed by atoms with E-state index >= 15 is 0 Å². The first-order chi connectivity index (χ1) is 15.2. The molecule has 2 aromatic carbocycles. The lowest BCUT2D eigenvalue weighted by atomic mass is 10.1. The molecule has 0 saturated carbocycles. The zero-order valence-electron chi connectivity index (χ0n) is 16.2. The standard InChI is InChI=1S/C22H17F2N5O2/c23-22(24)31-16-7-5-14(6-8-16)19-26-27-21-20(25-10-11-28(19)21)29-13-15(9-12-30)17-3-1-2-4-18(17)29/h1-8,10-11,13,22,30H,9,12H2. The van der Waals surface area contributed by atoms with Crippen molar-refractivity contribution >= 4 is 16.6 Å². The third kappa shape index (κ3) is 3.38. The Morgan fingerprint density at radius 2 is 1.84 bits per heavy atom. The van der Waals surface area contributed by atoms with E-state index in [1.54, 1.807) is 28.9 Å². The number of nitrogens with zero attached hydrogens (tertiary/aromatic N) is 5. The van der Waals surface area contributed by atoms with Crippen LogP contribution >= 0.6 is 0 Å². The van der Waals surface area contributed by atoms with Crippen molar-refractivity contribution in [2.75, 3.05) is 6.61 Å². The molecule has 0 atom stereocenters. The predicted molar refractivity (Wildman–Crippen MR) is 110 cm³/mol. The number of hydrogen-bond acceptors (Lipinski definition) is 5. The minimum absolute atomic E-state index is 0.0476. The Hall–Kier alpha value is -3.85. The second-order valence-corrected chi connectivity index (χ2v) is 6.89. The van der Waals surface area contributed by atoms with Gasteiger partial charge in [-0.3, -0.25) is 8.97 Å². The van der Waals surface area contributed by atoms with Crippen molar-refractivity contribution < 1.29 is 18.6 Å². The Balaban J connectivity index is 1.62. The highest BCUT2D eigenvalue weighted by Gasteiger charge is 2.17. The van der Waals surface area contributed by atoms with E-state index in [4.69, 9.17) is 0 Å². The fourth-order valence-electron chi connectivity index (χ4n) is 3.71. The van der Waals surface area contributed by atoms with Crippen molar-refractivity contribution in [2.45, 2.75) is 13.0 Å². The molecular formula is C22H17F2N5O2. The summed E-state index contributed by atoms with van der Waals surface area (Å²) >= 11 is 0. The van der Waals surface area contributed by atoms with Crippen LogP contribution in [0.15, 0.2) is 67.1 Å². The number of aliphatic hydroxyl groups excluding tert-OH is 1. The molecule has 0 unspecified atom stereocenters. The lowest BCUT2D eigenvalue weighted by Crippen LogP contribution is -2.02. The fraction of sp³-hybridized carbons (Fsp3) is 0.136. The molecule has 0 saturated heterocycles. The van der Waals surface area contributed by atoms with Gasteiger partial charge >= 0.3 is 6.61 Å².